The second-order valence-corrected chi connectivity index (χ2v) is 8.94. The van der Waals surface area contributed by atoms with Crippen LogP contribution in [0.25, 0.3) is 0 Å². The minimum absolute atomic E-state index is 0.00161. The Labute approximate surface area is 210 Å². The number of pyridine rings is 1. The monoisotopic (exact) mass is 547 g/mol. The van der Waals surface area contributed by atoms with E-state index < -0.39 is 30.5 Å². The summed E-state index contributed by atoms with van der Waals surface area (Å²) in [4.78, 5) is 25.1. The van der Waals surface area contributed by atoms with Crippen LogP contribution in [0.5, 0.6) is 5.88 Å². The van der Waals surface area contributed by atoms with E-state index in [9.17, 15) is 31.1 Å². The van der Waals surface area contributed by atoms with Crippen molar-refractivity contribution >= 4 is 33.9 Å². The highest BCUT2D eigenvalue weighted by Crippen LogP contribution is 2.29. The van der Waals surface area contributed by atoms with E-state index in [0.29, 0.717) is 24.8 Å². The molecule has 0 radical (unpaired) electrons. The maximum absolute atomic E-state index is 12.7. The summed E-state index contributed by atoms with van der Waals surface area (Å²) in [5.41, 5.74) is -0.690. The van der Waals surface area contributed by atoms with E-state index in [2.05, 4.69) is 30.0 Å². The van der Waals surface area contributed by atoms with Gasteiger partial charge in [0.2, 0.25) is 5.88 Å². The molecule has 16 heteroatoms. The lowest BCUT2D eigenvalue weighted by molar-refractivity contribution is -0.144. The average molecular weight is 547 g/mol. The van der Waals surface area contributed by atoms with Crippen LogP contribution in [0.3, 0.4) is 0 Å². The Morgan fingerprint density at radius 3 is 2.54 bits per heavy atom. The van der Waals surface area contributed by atoms with Gasteiger partial charge in [0, 0.05) is 18.5 Å². The number of alkyl halides is 6. The predicted molar refractivity (Wildman–Crippen MR) is 121 cm³/mol. The molecule has 3 aromatic rings. The highest BCUT2D eigenvalue weighted by molar-refractivity contribution is 7.10. The molecular weight excluding hydrogens is 528 g/mol. The van der Waals surface area contributed by atoms with Gasteiger partial charge in [-0.15, -0.1) is 0 Å². The van der Waals surface area contributed by atoms with Gasteiger partial charge in [0.25, 0.3) is 5.91 Å². The summed E-state index contributed by atoms with van der Waals surface area (Å²) in [7, 11) is 0. The lowest BCUT2D eigenvalue weighted by atomic mass is 10.1. The Morgan fingerprint density at radius 1 is 1.08 bits per heavy atom. The molecule has 3 aromatic heterocycles. The van der Waals surface area contributed by atoms with E-state index in [4.69, 9.17) is 4.74 Å². The fraction of sp³-hybridized carbons (Fsp3) is 0.381. The average Bonchev–Trinajstić information content (AvgIpc) is 3.46. The maximum atomic E-state index is 12.7. The first-order valence-electron chi connectivity index (χ1n) is 10.8. The third-order valence-electron chi connectivity index (χ3n) is 5.23. The lowest BCUT2D eigenvalue weighted by Gasteiger charge is -2.17. The van der Waals surface area contributed by atoms with Gasteiger partial charge in [-0.25, -0.2) is 15.0 Å². The van der Waals surface area contributed by atoms with Crippen LogP contribution >= 0.6 is 11.5 Å². The summed E-state index contributed by atoms with van der Waals surface area (Å²) in [5.74, 6) is -0.344. The van der Waals surface area contributed by atoms with Gasteiger partial charge in [0.15, 0.2) is 5.69 Å². The van der Waals surface area contributed by atoms with Crippen molar-refractivity contribution in [3.63, 3.8) is 0 Å². The van der Waals surface area contributed by atoms with Crippen molar-refractivity contribution in [2.24, 2.45) is 5.92 Å². The first-order chi connectivity index (χ1) is 17.5. The smallest absolute Gasteiger partial charge is 0.434 e. The van der Waals surface area contributed by atoms with Crippen molar-refractivity contribution in [1.29, 1.82) is 0 Å². The van der Waals surface area contributed by atoms with Crippen molar-refractivity contribution in [1.82, 2.24) is 24.2 Å². The van der Waals surface area contributed by atoms with Gasteiger partial charge >= 0.3 is 12.4 Å². The van der Waals surface area contributed by atoms with Crippen LogP contribution < -0.4 is 15.4 Å². The molecule has 0 spiro atoms. The number of anilines is 3. The lowest BCUT2D eigenvalue weighted by Crippen LogP contribution is -2.32. The highest BCUT2D eigenvalue weighted by atomic mass is 32.1. The van der Waals surface area contributed by atoms with Crippen molar-refractivity contribution in [2.45, 2.75) is 18.8 Å². The van der Waals surface area contributed by atoms with Crippen LogP contribution in [0.4, 0.5) is 42.8 Å². The highest BCUT2D eigenvalue weighted by Gasteiger charge is 2.34. The van der Waals surface area contributed by atoms with Gasteiger partial charge in [0.05, 0.1) is 49.2 Å². The first-order valence-corrected chi connectivity index (χ1v) is 11.5. The zero-order valence-corrected chi connectivity index (χ0v) is 19.6. The van der Waals surface area contributed by atoms with E-state index in [0.717, 1.165) is 17.7 Å². The van der Waals surface area contributed by atoms with E-state index >= 15 is 0 Å². The molecule has 0 saturated carbocycles. The second-order valence-electron chi connectivity index (χ2n) is 8.13. The number of carbonyl (C=O) groups is 1. The fourth-order valence-corrected chi connectivity index (χ4v) is 4.19. The van der Waals surface area contributed by atoms with Crippen molar-refractivity contribution < 1.29 is 35.9 Å². The Balaban J connectivity index is 1.28. The summed E-state index contributed by atoms with van der Waals surface area (Å²) < 4.78 is 85.0. The van der Waals surface area contributed by atoms with E-state index in [1.54, 1.807) is 6.07 Å². The van der Waals surface area contributed by atoms with Crippen molar-refractivity contribution in [3.8, 4) is 5.88 Å². The molecule has 0 unspecified atom stereocenters. The molecule has 1 fully saturated rings. The van der Waals surface area contributed by atoms with Gasteiger partial charge in [0.1, 0.15) is 10.8 Å². The van der Waals surface area contributed by atoms with Crippen LogP contribution in [0, 0.1) is 5.92 Å². The SMILES string of the molecule is O=C(Nc1ccc(OC[C@H]2CCN(CC(F)(F)F)C2)nc1)c1cnsc1Nc1cnc(C(F)(F)F)cn1. The Kier molecular flexibility index (Phi) is 7.77. The molecule has 198 valence electrons. The Morgan fingerprint density at radius 2 is 1.89 bits per heavy atom. The molecule has 0 bridgehead atoms. The molecule has 1 aliphatic heterocycles. The minimum atomic E-state index is -4.62. The molecule has 1 amide bonds. The van der Waals surface area contributed by atoms with Crippen LogP contribution in [0.1, 0.15) is 22.5 Å². The predicted octanol–water partition coefficient (Wildman–Crippen LogP) is 4.61. The standard InChI is InChI=1S/C21H19F6N7O2S/c22-20(23,24)11-34-4-3-12(9-34)10-36-17-2-1-13(5-30-17)32-18(35)14-6-31-37-19(14)33-16-8-28-15(7-29-16)21(25,26)27/h1-2,5-8,12H,3-4,9-11H2,(H,29,33)(H,32,35)/t12-/m0/s1. The zero-order chi connectivity index (χ0) is 26.6. The summed E-state index contributed by atoms with van der Waals surface area (Å²) >= 11 is 0.904. The molecule has 4 rings (SSSR count). The zero-order valence-electron chi connectivity index (χ0n) is 18.8. The fourth-order valence-electron chi connectivity index (χ4n) is 3.53. The molecule has 4 heterocycles. The second kappa shape index (κ2) is 10.8. The van der Waals surface area contributed by atoms with Crippen LogP contribution in [0.15, 0.2) is 36.9 Å². The molecule has 0 aliphatic carbocycles. The van der Waals surface area contributed by atoms with E-state index in [1.165, 1.54) is 23.4 Å². The van der Waals surface area contributed by atoms with Crippen molar-refractivity contribution in [2.75, 3.05) is 36.9 Å². The summed E-state index contributed by atoms with van der Waals surface area (Å²) in [5, 5.41) is 5.59. The number of likely N-dealkylation sites (tertiary alicyclic amines) is 1. The number of halogens is 6. The molecule has 9 nitrogen and oxygen atoms in total. The van der Waals surface area contributed by atoms with Gasteiger partial charge in [-0.2, -0.15) is 30.7 Å². The maximum Gasteiger partial charge on any atom is 0.434 e. The first kappa shape index (κ1) is 26.5. The normalized spacial score (nSPS) is 16.5. The number of carbonyl (C=O) groups excluding carboxylic acids is 1. The Bertz CT molecular complexity index is 1200. The number of hydrogen-bond donors (Lipinski definition) is 2. The van der Waals surface area contributed by atoms with Gasteiger partial charge in [-0.1, -0.05) is 0 Å². The van der Waals surface area contributed by atoms with Crippen LogP contribution in [-0.2, 0) is 6.18 Å². The third kappa shape index (κ3) is 7.48. The third-order valence-corrected chi connectivity index (χ3v) is 5.95. The largest absolute Gasteiger partial charge is 0.477 e. The summed E-state index contributed by atoms with van der Waals surface area (Å²) in [6.07, 6.45) is -4.16. The van der Waals surface area contributed by atoms with E-state index in [1.807, 2.05) is 0 Å². The van der Waals surface area contributed by atoms with Gasteiger partial charge < -0.3 is 15.4 Å². The molecule has 1 aliphatic rings. The van der Waals surface area contributed by atoms with Crippen LogP contribution in [0.2, 0.25) is 0 Å². The molecule has 1 atom stereocenters. The number of hydrogen-bond acceptors (Lipinski definition) is 9. The quantitative estimate of drug-likeness (QED) is 0.394. The number of ether oxygens (including phenoxy) is 1. The summed E-state index contributed by atoms with van der Waals surface area (Å²) in [6, 6.07) is 3.06. The number of amides is 1. The van der Waals surface area contributed by atoms with Gasteiger partial charge in [-0.05, 0) is 30.6 Å². The van der Waals surface area contributed by atoms with E-state index in [-0.39, 0.29) is 41.3 Å². The number of aromatic nitrogens is 4. The number of rotatable bonds is 8. The minimum Gasteiger partial charge on any atom is -0.477 e. The van der Waals surface area contributed by atoms with Crippen LogP contribution in [-0.4, -0.2) is 62.6 Å². The molecule has 37 heavy (non-hydrogen) atoms. The van der Waals surface area contributed by atoms with Gasteiger partial charge in [-0.3, -0.25) is 9.69 Å². The summed E-state index contributed by atoms with van der Waals surface area (Å²) in [6.45, 7) is -0.0807. The Hall–Kier alpha value is -3.53. The number of nitrogens with zero attached hydrogens (tertiary/aromatic N) is 5. The molecule has 0 aromatic carbocycles. The molecular formula is C21H19F6N7O2S. The topological polar surface area (TPSA) is 105 Å². The molecule has 1 saturated heterocycles. The number of nitrogens with one attached hydrogen (secondary N) is 2. The molecule has 2 N–H and O–H groups in total. The van der Waals surface area contributed by atoms with Crippen molar-refractivity contribution in [3.05, 3.63) is 48.2 Å².